The Balaban J connectivity index is 2.33. The van der Waals surface area contributed by atoms with Crippen molar-refractivity contribution in [3.63, 3.8) is 0 Å². The number of rotatable bonds is 5. The average Bonchev–Trinajstić information content (AvgIpc) is 2.56. The van der Waals surface area contributed by atoms with Crippen LogP contribution in [0, 0.1) is 5.82 Å². The molecule has 1 amide bonds. The van der Waals surface area contributed by atoms with Crippen molar-refractivity contribution in [1.29, 1.82) is 0 Å². The number of anilines is 2. The first-order valence-corrected chi connectivity index (χ1v) is 9.96. The molecule has 2 aromatic carbocycles. The summed E-state index contributed by atoms with van der Waals surface area (Å²) in [6, 6.07) is 5.83. The zero-order valence-corrected chi connectivity index (χ0v) is 16.2. The first-order chi connectivity index (χ1) is 12.8. The molecule has 0 bridgehead atoms. The molecule has 0 radical (unpaired) electrons. The maximum Gasteiger partial charge on any atom is 0.417 e. The van der Waals surface area contributed by atoms with Gasteiger partial charge in [-0.15, -0.1) is 0 Å². The van der Waals surface area contributed by atoms with E-state index in [1.54, 1.807) is 0 Å². The number of alkyl halides is 3. The van der Waals surface area contributed by atoms with Crippen molar-refractivity contribution in [3.05, 3.63) is 58.9 Å². The van der Waals surface area contributed by atoms with Crippen LogP contribution in [0.25, 0.3) is 0 Å². The molecular formula is C17H15ClF4N2O3S. The average molecular weight is 439 g/mol. The first-order valence-electron chi connectivity index (χ1n) is 7.73. The largest absolute Gasteiger partial charge is 0.417 e. The third-order valence-corrected chi connectivity index (χ3v) is 5.28. The molecule has 0 heterocycles. The Morgan fingerprint density at radius 2 is 1.71 bits per heavy atom. The lowest BCUT2D eigenvalue weighted by Gasteiger charge is -2.28. The summed E-state index contributed by atoms with van der Waals surface area (Å²) in [5.74, 6) is -1.49. The third-order valence-electron chi connectivity index (χ3n) is 3.71. The quantitative estimate of drug-likeness (QED) is 0.708. The van der Waals surface area contributed by atoms with E-state index in [0.29, 0.717) is 6.07 Å². The molecule has 152 valence electrons. The van der Waals surface area contributed by atoms with Crippen molar-refractivity contribution in [2.45, 2.75) is 19.1 Å². The Labute approximate surface area is 164 Å². The van der Waals surface area contributed by atoms with Crippen LogP contribution < -0.4 is 9.62 Å². The molecule has 1 unspecified atom stereocenters. The lowest BCUT2D eigenvalue weighted by molar-refractivity contribution is -0.137. The lowest BCUT2D eigenvalue weighted by atomic mass is 10.2. The maximum atomic E-state index is 13.1. The van der Waals surface area contributed by atoms with Crippen molar-refractivity contribution < 1.29 is 30.8 Å². The molecule has 0 saturated carbocycles. The predicted octanol–water partition coefficient (Wildman–Crippen LogP) is 4.29. The minimum Gasteiger partial charge on any atom is -0.324 e. The number of amides is 1. The van der Waals surface area contributed by atoms with Gasteiger partial charge in [-0.2, -0.15) is 13.2 Å². The smallest absolute Gasteiger partial charge is 0.324 e. The zero-order chi connectivity index (χ0) is 21.3. The third kappa shape index (κ3) is 5.14. The molecule has 0 aliphatic rings. The Kier molecular flexibility index (Phi) is 6.24. The fraction of sp³-hybridized carbons (Fsp3) is 0.235. The number of nitrogens with one attached hydrogen (secondary N) is 1. The number of benzene rings is 2. The summed E-state index contributed by atoms with van der Waals surface area (Å²) < 4.78 is 77.0. The number of carbonyl (C=O) groups excluding carboxylic acids is 1. The standard InChI is InChI=1S/C17H15ClF4N2O3S/c1-10(24(28(2,26)27)13-6-3-11(19)4-7-13)16(25)23-12-5-8-15(18)14(9-12)17(20,21)22/h3-10H,1-2H3,(H,23,25). The molecule has 2 rings (SSSR count). The van der Waals surface area contributed by atoms with Gasteiger partial charge in [0.1, 0.15) is 11.9 Å². The molecule has 5 nitrogen and oxygen atoms in total. The van der Waals surface area contributed by atoms with Crippen LogP contribution in [0.1, 0.15) is 12.5 Å². The molecule has 1 atom stereocenters. The van der Waals surface area contributed by atoms with Crippen LogP contribution in [0.3, 0.4) is 0 Å². The summed E-state index contributed by atoms with van der Waals surface area (Å²) >= 11 is 5.53. The van der Waals surface area contributed by atoms with Gasteiger partial charge in [-0.25, -0.2) is 12.8 Å². The molecule has 0 spiro atoms. The van der Waals surface area contributed by atoms with E-state index in [1.807, 2.05) is 0 Å². The van der Waals surface area contributed by atoms with Gasteiger partial charge >= 0.3 is 6.18 Å². The Bertz CT molecular complexity index is 979. The number of carbonyl (C=O) groups is 1. The number of hydrogen-bond donors (Lipinski definition) is 1. The summed E-state index contributed by atoms with van der Waals surface area (Å²) in [4.78, 5) is 12.5. The summed E-state index contributed by atoms with van der Waals surface area (Å²) in [5, 5.41) is 1.70. The fourth-order valence-corrected chi connectivity index (χ4v) is 3.86. The van der Waals surface area contributed by atoms with E-state index >= 15 is 0 Å². The van der Waals surface area contributed by atoms with Gasteiger partial charge in [0.05, 0.1) is 22.5 Å². The molecule has 0 saturated heterocycles. The van der Waals surface area contributed by atoms with Crippen LogP contribution in [0.2, 0.25) is 5.02 Å². The highest BCUT2D eigenvalue weighted by molar-refractivity contribution is 7.92. The van der Waals surface area contributed by atoms with Crippen LogP contribution >= 0.6 is 11.6 Å². The second kappa shape index (κ2) is 7.96. The summed E-state index contributed by atoms with van der Waals surface area (Å²) in [6.45, 7) is 1.25. The Morgan fingerprint density at radius 3 is 2.21 bits per heavy atom. The van der Waals surface area contributed by atoms with Crippen molar-refractivity contribution >= 4 is 38.9 Å². The lowest BCUT2D eigenvalue weighted by Crippen LogP contribution is -2.45. The second-order valence-electron chi connectivity index (χ2n) is 5.89. The monoisotopic (exact) mass is 438 g/mol. The molecule has 0 fully saturated rings. The van der Waals surface area contributed by atoms with E-state index in [4.69, 9.17) is 11.6 Å². The van der Waals surface area contributed by atoms with E-state index in [1.165, 1.54) is 19.1 Å². The SMILES string of the molecule is CC(C(=O)Nc1ccc(Cl)c(C(F)(F)F)c1)N(c1ccc(F)cc1)S(C)(=O)=O. The number of hydrogen-bond acceptors (Lipinski definition) is 3. The normalized spacial score (nSPS) is 13.1. The Morgan fingerprint density at radius 1 is 1.14 bits per heavy atom. The molecule has 1 N–H and O–H groups in total. The fourth-order valence-electron chi connectivity index (χ4n) is 2.46. The summed E-state index contributed by atoms with van der Waals surface area (Å²) in [7, 11) is -3.96. The van der Waals surface area contributed by atoms with E-state index in [0.717, 1.165) is 34.8 Å². The van der Waals surface area contributed by atoms with Gasteiger partial charge in [-0.3, -0.25) is 9.10 Å². The van der Waals surface area contributed by atoms with Gasteiger partial charge in [0, 0.05) is 5.69 Å². The highest BCUT2D eigenvalue weighted by Gasteiger charge is 2.34. The molecular weight excluding hydrogens is 424 g/mol. The van der Waals surface area contributed by atoms with Crippen molar-refractivity contribution in [1.82, 2.24) is 0 Å². The molecule has 2 aromatic rings. The predicted molar refractivity (Wildman–Crippen MR) is 98.3 cm³/mol. The van der Waals surface area contributed by atoms with Gasteiger partial charge in [-0.05, 0) is 49.4 Å². The van der Waals surface area contributed by atoms with Crippen molar-refractivity contribution in [2.75, 3.05) is 15.9 Å². The Hall–Kier alpha value is -2.33. The van der Waals surface area contributed by atoms with E-state index in [9.17, 15) is 30.8 Å². The first kappa shape index (κ1) is 22.0. The van der Waals surface area contributed by atoms with E-state index in [-0.39, 0.29) is 11.4 Å². The van der Waals surface area contributed by atoms with Gasteiger partial charge < -0.3 is 5.32 Å². The van der Waals surface area contributed by atoms with Crippen LogP contribution in [0.15, 0.2) is 42.5 Å². The van der Waals surface area contributed by atoms with Gasteiger partial charge in [0.2, 0.25) is 15.9 Å². The number of nitrogens with zero attached hydrogens (tertiary/aromatic N) is 1. The van der Waals surface area contributed by atoms with Crippen LogP contribution in [0.4, 0.5) is 28.9 Å². The number of sulfonamides is 1. The molecule has 0 aliphatic heterocycles. The minimum atomic E-state index is -4.73. The summed E-state index contributed by atoms with van der Waals surface area (Å²) in [5.41, 5.74) is -1.32. The molecule has 11 heteroatoms. The number of halogens is 5. The summed E-state index contributed by atoms with van der Waals surface area (Å²) in [6.07, 6.45) is -3.87. The minimum absolute atomic E-state index is 0.0265. The van der Waals surface area contributed by atoms with Crippen molar-refractivity contribution in [3.8, 4) is 0 Å². The molecule has 0 aliphatic carbocycles. The zero-order valence-electron chi connectivity index (χ0n) is 14.6. The molecule has 0 aromatic heterocycles. The highest BCUT2D eigenvalue weighted by Crippen LogP contribution is 2.36. The second-order valence-corrected chi connectivity index (χ2v) is 8.16. The van der Waals surface area contributed by atoms with Crippen LogP contribution in [-0.4, -0.2) is 26.6 Å². The highest BCUT2D eigenvalue weighted by atomic mass is 35.5. The van der Waals surface area contributed by atoms with Crippen molar-refractivity contribution in [2.24, 2.45) is 0 Å². The van der Waals surface area contributed by atoms with Crippen LogP contribution in [-0.2, 0) is 21.0 Å². The topological polar surface area (TPSA) is 66.5 Å². The maximum absolute atomic E-state index is 13.1. The van der Waals surface area contributed by atoms with E-state index < -0.39 is 44.6 Å². The van der Waals surface area contributed by atoms with Crippen LogP contribution in [0.5, 0.6) is 0 Å². The van der Waals surface area contributed by atoms with E-state index in [2.05, 4.69) is 5.32 Å². The van der Waals surface area contributed by atoms with Gasteiger partial charge in [0.25, 0.3) is 0 Å². The molecule has 28 heavy (non-hydrogen) atoms. The van der Waals surface area contributed by atoms with Gasteiger partial charge in [-0.1, -0.05) is 11.6 Å². The van der Waals surface area contributed by atoms with Gasteiger partial charge in [0.15, 0.2) is 0 Å².